The third-order valence-corrected chi connectivity index (χ3v) is 5.54. The van der Waals surface area contributed by atoms with Crippen molar-refractivity contribution in [3.05, 3.63) is 43.0 Å². The lowest BCUT2D eigenvalue weighted by molar-refractivity contribution is 0.00511. The van der Waals surface area contributed by atoms with Gasteiger partial charge in [0, 0.05) is 13.2 Å². The van der Waals surface area contributed by atoms with E-state index in [1.807, 2.05) is 30.3 Å². The molecule has 0 fully saturated rings. The van der Waals surface area contributed by atoms with Crippen LogP contribution in [0.5, 0.6) is 5.75 Å². The van der Waals surface area contributed by atoms with Gasteiger partial charge in [-0.25, -0.2) is 0 Å². The SMILES string of the molecule is C=CCO[Si](OCCCCC)(OCCCCC)Oc1ccccc1. The first-order chi connectivity index (χ1) is 11.8. The van der Waals surface area contributed by atoms with Gasteiger partial charge >= 0.3 is 9.05 Å². The summed E-state index contributed by atoms with van der Waals surface area (Å²) in [4.78, 5) is 0. The van der Waals surface area contributed by atoms with Gasteiger partial charge in [-0.05, 0) is 25.0 Å². The molecular weight excluding hydrogens is 320 g/mol. The summed E-state index contributed by atoms with van der Waals surface area (Å²) in [5.74, 6) is 0.708. The van der Waals surface area contributed by atoms with Crippen LogP contribution < -0.4 is 4.43 Å². The van der Waals surface area contributed by atoms with Crippen LogP contribution in [0.1, 0.15) is 52.4 Å². The van der Waals surface area contributed by atoms with Crippen LogP contribution in [0, 0.1) is 0 Å². The van der Waals surface area contributed by atoms with Crippen molar-refractivity contribution in [3.63, 3.8) is 0 Å². The molecule has 1 rings (SSSR count). The fraction of sp³-hybridized carbons (Fsp3) is 0.579. The second kappa shape index (κ2) is 13.2. The zero-order valence-corrected chi connectivity index (χ0v) is 16.2. The summed E-state index contributed by atoms with van der Waals surface area (Å²) >= 11 is 0. The lowest BCUT2D eigenvalue weighted by atomic mass is 10.3. The van der Waals surface area contributed by atoms with Gasteiger partial charge in [-0.2, -0.15) is 0 Å². The average Bonchev–Trinajstić information content (AvgIpc) is 2.61. The van der Waals surface area contributed by atoms with Crippen molar-refractivity contribution < 1.29 is 17.7 Å². The third kappa shape index (κ3) is 8.64. The number of hydrogen-bond acceptors (Lipinski definition) is 4. The Morgan fingerprint density at radius 2 is 1.46 bits per heavy atom. The lowest BCUT2D eigenvalue weighted by Gasteiger charge is -2.28. The Kier molecular flexibility index (Phi) is 11.5. The first kappa shape index (κ1) is 20.9. The molecule has 0 aliphatic carbocycles. The molecule has 0 unspecified atom stereocenters. The molecule has 24 heavy (non-hydrogen) atoms. The molecule has 0 atom stereocenters. The Balaban J connectivity index is 2.77. The van der Waals surface area contributed by atoms with Crippen molar-refractivity contribution in [1.82, 2.24) is 0 Å². The van der Waals surface area contributed by atoms with Gasteiger partial charge in [-0.1, -0.05) is 63.8 Å². The van der Waals surface area contributed by atoms with E-state index < -0.39 is 9.05 Å². The molecule has 5 heteroatoms. The van der Waals surface area contributed by atoms with Gasteiger partial charge in [0.25, 0.3) is 0 Å². The van der Waals surface area contributed by atoms with Gasteiger partial charge in [0.1, 0.15) is 5.75 Å². The zero-order chi connectivity index (χ0) is 17.5. The zero-order valence-electron chi connectivity index (χ0n) is 15.2. The maximum atomic E-state index is 6.09. The van der Waals surface area contributed by atoms with E-state index in [-0.39, 0.29) is 0 Å². The molecule has 0 N–H and O–H groups in total. The number of para-hydroxylation sites is 1. The van der Waals surface area contributed by atoms with Crippen LogP contribution >= 0.6 is 0 Å². The minimum Gasteiger partial charge on any atom is -0.480 e. The Morgan fingerprint density at radius 1 is 0.875 bits per heavy atom. The molecule has 0 aliphatic heterocycles. The number of unbranched alkanes of at least 4 members (excludes halogenated alkanes) is 4. The van der Waals surface area contributed by atoms with Crippen LogP contribution in [0.2, 0.25) is 0 Å². The molecular formula is C19H32O4Si. The summed E-state index contributed by atoms with van der Waals surface area (Å²) in [6.45, 7) is 9.57. The van der Waals surface area contributed by atoms with Gasteiger partial charge in [0.05, 0.1) is 6.61 Å². The molecule has 0 saturated carbocycles. The minimum absolute atomic E-state index is 0.348. The molecule has 0 spiro atoms. The molecule has 4 nitrogen and oxygen atoms in total. The Morgan fingerprint density at radius 3 is 1.96 bits per heavy atom. The van der Waals surface area contributed by atoms with Crippen molar-refractivity contribution in [2.45, 2.75) is 52.4 Å². The van der Waals surface area contributed by atoms with E-state index in [4.69, 9.17) is 17.7 Å². The van der Waals surface area contributed by atoms with Crippen molar-refractivity contribution >= 4 is 9.05 Å². The summed E-state index contributed by atoms with van der Waals surface area (Å²) in [6, 6.07) is 9.59. The number of hydrogen-bond donors (Lipinski definition) is 0. The summed E-state index contributed by atoms with van der Waals surface area (Å²) in [7, 11) is -3.23. The predicted octanol–water partition coefficient (Wildman–Crippen LogP) is 5.12. The fourth-order valence-electron chi connectivity index (χ4n) is 2.11. The average molecular weight is 353 g/mol. The number of rotatable bonds is 15. The molecule has 0 amide bonds. The molecule has 1 aromatic carbocycles. The first-order valence-corrected chi connectivity index (χ1v) is 10.7. The summed E-state index contributed by atoms with van der Waals surface area (Å²) < 4.78 is 24.1. The fourth-order valence-corrected chi connectivity index (χ4v) is 4.07. The van der Waals surface area contributed by atoms with E-state index in [1.54, 1.807) is 6.08 Å². The molecule has 0 saturated heterocycles. The molecule has 0 bridgehead atoms. The summed E-state index contributed by atoms with van der Waals surface area (Å²) in [5, 5.41) is 0. The predicted molar refractivity (Wildman–Crippen MR) is 99.9 cm³/mol. The normalized spacial score (nSPS) is 11.4. The van der Waals surface area contributed by atoms with E-state index in [9.17, 15) is 0 Å². The van der Waals surface area contributed by atoms with E-state index in [1.165, 1.54) is 0 Å². The van der Waals surface area contributed by atoms with Crippen LogP contribution in [0.25, 0.3) is 0 Å². The van der Waals surface area contributed by atoms with Gasteiger partial charge in [0.2, 0.25) is 0 Å². The van der Waals surface area contributed by atoms with Crippen molar-refractivity contribution in [1.29, 1.82) is 0 Å². The van der Waals surface area contributed by atoms with Crippen molar-refractivity contribution in [2.24, 2.45) is 0 Å². The standard InChI is InChI=1S/C19H32O4Si/c1-4-7-12-17-21-24(20-16-6-3,22-18-13-8-5-2)23-19-14-10-9-11-15-19/h6,9-11,14-15H,3-5,7-8,12-13,16-18H2,1-2H3. The van der Waals surface area contributed by atoms with Gasteiger partial charge in [0.15, 0.2) is 0 Å². The van der Waals surface area contributed by atoms with Crippen LogP contribution in [-0.2, 0) is 13.3 Å². The second-order valence-electron chi connectivity index (χ2n) is 5.63. The van der Waals surface area contributed by atoms with Crippen LogP contribution in [-0.4, -0.2) is 28.9 Å². The highest BCUT2D eigenvalue weighted by molar-refractivity contribution is 6.54. The molecule has 1 aromatic rings. The molecule has 0 radical (unpaired) electrons. The van der Waals surface area contributed by atoms with Gasteiger partial charge in [-0.3, -0.25) is 0 Å². The third-order valence-electron chi connectivity index (χ3n) is 3.42. The summed E-state index contributed by atoms with van der Waals surface area (Å²) in [6.07, 6.45) is 8.16. The van der Waals surface area contributed by atoms with E-state index in [0.29, 0.717) is 25.6 Å². The van der Waals surface area contributed by atoms with Crippen molar-refractivity contribution in [3.8, 4) is 5.75 Å². The number of benzene rings is 1. The van der Waals surface area contributed by atoms with Crippen LogP contribution in [0.15, 0.2) is 43.0 Å². The highest BCUT2D eigenvalue weighted by Crippen LogP contribution is 2.20. The molecule has 136 valence electrons. The topological polar surface area (TPSA) is 36.9 Å². The largest absolute Gasteiger partial charge is 0.749 e. The second-order valence-corrected chi connectivity index (χ2v) is 7.70. The van der Waals surface area contributed by atoms with Crippen molar-refractivity contribution in [2.75, 3.05) is 19.8 Å². The molecule has 0 heterocycles. The van der Waals surface area contributed by atoms with Gasteiger partial charge < -0.3 is 17.7 Å². The highest BCUT2D eigenvalue weighted by Gasteiger charge is 2.48. The smallest absolute Gasteiger partial charge is 0.480 e. The van der Waals surface area contributed by atoms with Gasteiger partial charge in [-0.15, -0.1) is 6.58 Å². The quantitative estimate of drug-likeness (QED) is 0.249. The van der Waals surface area contributed by atoms with E-state index in [2.05, 4.69) is 20.4 Å². The molecule has 0 aromatic heterocycles. The Labute approximate surface area is 148 Å². The lowest BCUT2D eigenvalue weighted by Crippen LogP contribution is -2.52. The Hall–Kier alpha value is -1.14. The Bertz CT molecular complexity index is 413. The van der Waals surface area contributed by atoms with Crippen LogP contribution in [0.4, 0.5) is 0 Å². The monoisotopic (exact) mass is 352 g/mol. The first-order valence-electron chi connectivity index (χ1n) is 9.03. The minimum atomic E-state index is -3.23. The van der Waals surface area contributed by atoms with E-state index in [0.717, 1.165) is 38.5 Å². The van der Waals surface area contributed by atoms with E-state index >= 15 is 0 Å². The summed E-state index contributed by atoms with van der Waals surface area (Å²) in [5.41, 5.74) is 0. The maximum absolute atomic E-state index is 6.09. The maximum Gasteiger partial charge on any atom is 0.749 e. The van der Waals surface area contributed by atoms with Crippen LogP contribution in [0.3, 0.4) is 0 Å². The molecule has 0 aliphatic rings. The highest BCUT2D eigenvalue weighted by atomic mass is 28.4.